The molecule has 7 heteroatoms. The summed E-state index contributed by atoms with van der Waals surface area (Å²) in [4.78, 5) is 34.7. The van der Waals surface area contributed by atoms with E-state index in [1.54, 1.807) is 0 Å². The lowest BCUT2D eigenvalue weighted by atomic mass is 10.1. The molecule has 0 rings (SSSR count). The number of hydrogen-bond acceptors (Lipinski definition) is 3. The van der Waals surface area contributed by atoms with Crippen LogP contribution in [0.5, 0.6) is 0 Å². The van der Waals surface area contributed by atoms with Gasteiger partial charge < -0.3 is 20.6 Å². The molecule has 0 aromatic carbocycles. The average Bonchev–Trinajstić information content (AvgIpc) is 2.25. The lowest BCUT2D eigenvalue weighted by molar-refractivity contribution is -0.137. The highest BCUT2D eigenvalue weighted by atomic mass is 16.4. The molecule has 0 aliphatic carbocycles. The van der Waals surface area contributed by atoms with Gasteiger partial charge in [0.15, 0.2) is 0 Å². The summed E-state index contributed by atoms with van der Waals surface area (Å²) in [6, 6.07) is -0.603. The van der Waals surface area contributed by atoms with Crippen LogP contribution in [0.15, 0.2) is 0 Å². The number of amides is 3. The van der Waals surface area contributed by atoms with Crippen molar-refractivity contribution in [3.05, 3.63) is 0 Å². The molecule has 20 heavy (non-hydrogen) atoms. The minimum atomic E-state index is -1.15. The molecule has 0 unspecified atom stereocenters. The van der Waals surface area contributed by atoms with E-state index in [4.69, 9.17) is 11.5 Å². The zero-order chi connectivity index (χ0) is 15.8. The van der Waals surface area contributed by atoms with Crippen LogP contribution in [0, 0.1) is 12.3 Å². The molecule has 0 spiro atoms. The number of carboxylic acid groups (broad SMARTS) is 1. The zero-order valence-electron chi connectivity index (χ0n) is 12.0. The van der Waals surface area contributed by atoms with E-state index in [0.29, 0.717) is 0 Å². The Hall–Kier alpha value is -2.23. The molecule has 0 fully saturated rings. The maximum absolute atomic E-state index is 11.7. The average molecular weight is 283 g/mol. The number of carboxylic acids is 1. The van der Waals surface area contributed by atoms with Crippen LogP contribution < -0.4 is 10.6 Å². The van der Waals surface area contributed by atoms with Crippen molar-refractivity contribution < 1.29 is 19.5 Å². The quantitative estimate of drug-likeness (QED) is 0.598. The molecule has 0 aliphatic heterocycles. The number of hydrogen-bond donors (Lipinski definition) is 3. The lowest BCUT2D eigenvalue weighted by Crippen LogP contribution is -2.45. The van der Waals surface area contributed by atoms with E-state index in [1.807, 2.05) is 20.8 Å². The summed E-state index contributed by atoms with van der Waals surface area (Å²) in [5.41, 5.74) is -0.333. The normalized spacial score (nSPS) is 10.3. The van der Waals surface area contributed by atoms with Crippen molar-refractivity contribution in [2.24, 2.45) is 0 Å². The fourth-order valence-corrected chi connectivity index (χ4v) is 1.35. The van der Waals surface area contributed by atoms with Gasteiger partial charge in [-0.3, -0.25) is 9.59 Å². The molecule has 0 aromatic heterocycles. The molecule has 0 bridgehead atoms. The van der Waals surface area contributed by atoms with Crippen molar-refractivity contribution in [1.82, 2.24) is 15.5 Å². The van der Waals surface area contributed by atoms with Gasteiger partial charge in [-0.15, -0.1) is 6.42 Å². The third-order valence-electron chi connectivity index (χ3n) is 2.04. The summed E-state index contributed by atoms with van der Waals surface area (Å²) in [5, 5.41) is 13.9. The van der Waals surface area contributed by atoms with Gasteiger partial charge in [-0.1, -0.05) is 5.92 Å². The maximum Gasteiger partial charge on any atom is 0.323 e. The second-order valence-corrected chi connectivity index (χ2v) is 5.23. The van der Waals surface area contributed by atoms with Gasteiger partial charge in [-0.25, -0.2) is 4.79 Å². The van der Waals surface area contributed by atoms with Crippen LogP contribution in [-0.4, -0.2) is 53.1 Å². The molecule has 7 nitrogen and oxygen atoms in total. The highest BCUT2D eigenvalue weighted by Crippen LogP contribution is 1.98. The Morgan fingerprint density at radius 3 is 2.35 bits per heavy atom. The topological polar surface area (TPSA) is 98.7 Å². The minimum absolute atomic E-state index is 0.105. The summed E-state index contributed by atoms with van der Waals surface area (Å²) in [7, 11) is 0. The van der Waals surface area contributed by atoms with Gasteiger partial charge in [-0.2, -0.15) is 0 Å². The van der Waals surface area contributed by atoms with Crippen LogP contribution in [0.1, 0.15) is 27.2 Å². The van der Waals surface area contributed by atoms with Crippen molar-refractivity contribution in [2.75, 3.05) is 19.6 Å². The van der Waals surface area contributed by atoms with Crippen molar-refractivity contribution in [2.45, 2.75) is 32.7 Å². The van der Waals surface area contributed by atoms with E-state index >= 15 is 0 Å². The molecular weight excluding hydrogens is 262 g/mol. The number of carbonyl (C=O) groups excluding carboxylic acids is 2. The molecule has 3 N–H and O–H groups in total. The SMILES string of the molecule is C#CCN(CC(=O)O)C(=O)NCCC(=O)NC(C)(C)C. The molecule has 0 heterocycles. The number of nitrogens with zero attached hydrogens (tertiary/aromatic N) is 1. The van der Waals surface area contributed by atoms with Crippen LogP contribution in [-0.2, 0) is 9.59 Å². The Morgan fingerprint density at radius 1 is 1.30 bits per heavy atom. The first-order valence-corrected chi connectivity index (χ1v) is 6.14. The largest absolute Gasteiger partial charge is 0.480 e. The number of aliphatic carboxylic acids is 1. The molecule has 0 saturated heterocycles. The Labute approximate surface area is 118 Å². The first kappa shape index (κ1) is 17.8. The number of urea groups is 1. The lowest BCUT2D eigenvalue weighted by Gasteiger charge is -2.21. The number of rotatable bonds is 6. The van der Waals surface area contributed by atoms with E-state index in [2.05, 4.69) is 16.6 Å². The van der Waals surface area contributed by atoms with Gasteiger partial charge >= 0.3 is 12.0 Å². The molecule has 0 radical (unpaired) electrons. The zero-order valence-corrected chi connectivity index (χ0v) is 12.0. The Balaban J connectivity index is 4.16. The first-order chi connectivity index (χ1) is 9.15. The van der Waals surface area contributed by atoms with Crippen molar-refractivity contribution in [3.8, 4) is 12.3 Å². The molecule has 3 amide bonds. The predicted molar refractivity (Wildman–Crippen MR) is 74.0 cm³/mol. The van der Waals surface area contributed by atoms with E-state index < -0.39 is 18.5 Å². The number of nitrogens with one attached hydrogen (secondary N) is 2. The molecule has 0 saturated carbocycles. The van der Waals surface area contributed by atoms with Gasteiger partial charge in [-0.05, 0) is 20.8 Å². The summed E-state index contributed by atoms with van der Waals surface area (Å²) in [6.45, 7) is 5.08. The van der Waals surface area contributed by atoms with Crippen LogP contribution in [0.4, 0.5) is 4.79 Å². The number of carbonyl (C=O) groups is 3. The van der Waals surface area contributed by atoms with Gasteiger partial charge in [0.1, 0.15) is 6.54 Å². The van der Waals surface area contributed by atoms with E-state index in [1.165, 1.54) is 0 Å². The third kappa shape index (κ3) is 8.80. The fourth-order valence-electron chi connectivity index (χ4n) is 1.35. The van der Waals surface area contributed by atoms with E-state index in [-0.39, 0.29) is 31.0 Å². The molecule has 0 aliphatic rings. The second-order valence-electron chi connectivity index (χ2n) is 5.23. The highest BCUT2D eigenvalue weighted by Gasteiger charge is 2.17. The number of terminal acetylenes is 1. The first-order valence-electron chi connectivity index (χ1n) is 6.14. The Morgan fingerprint density at radius 2 is 1.90 bits per heavy atom. The maximum atomic E-state index is 11.7. The molecule has 0 atom stereocenters. The Kier molecular flexibility index (Phi) is 7.15. The molecule has 112 valence electrons. The minimum Gasteiger partial charge on any atom is -0.480 e. The van der Waals surface area contributed by atoms with Crippen LogP contribution >= 0.6 is 0 Å². The summed E-state index contributed by atoms with van der Waals surface area (Å²) in [5.74, 6) is 0.860. The van der Waals surface area contributed by atoms with Gasteiger partial charge in [0.05, 0.1) is 6.54 Å². The summed E-state index contributed by atoms with van der Waals surface area (Å²) < 4.78 is 0. The van der Waals surface area contributed by atoms with Gasteiger partial charge in [0.2, 0.25) is 5.91 Å². The standard InChI is InChI=1S/C13H21N3O4/c1-5-8-16(9-11(18)19)12(20)14-7-6-10(17)15-13(2,3)4/h1H,6-9H2,2-4H3,(H,14,20)(H,15,17)(H,18,19). The van der Waals surface area contributed by atoms with Crippen molar-refractivity contribution in [1.29, 1.82) is 0 Å². The summed E-state index contributed by atoms with van der Waals surface area (Å²) in [6.07, 6.45) is 5.17. The third-order valence-corrected chi connectivity index (χ3v) is 2.04. The predicted octanol–water partition coefficient (Wildman–Crippen LogP) is 0.0206. The fraction of sp³-hybridized carbons (Fsp3) is 0.615. The van der Waals surface area contributed by atoms with Crippen LogP contribution in [0.25, 0.3) is 0 Å². The van der Waals surface area contributed by atoms with E-state index in [9.17, 15) is 14.4 Å². The van der Waals surface area contributed by atoms with Gasteiger partial charge in [0, 0.05) is 18.5 Å². The van der Waals surface area contributed by atoms with Crippen LogP contribution in [0.3, 0.4) is 0 Å². The Bertz CT molecular complexity index is 407. The van der Waals surface area contributed by atoms with Crippen molar-refractivity contribution in [3.63, 3.8) is 0 Å². The van der Waals surface area contributed by atoms with Gasteiger partial charge in [0.25, 0.3) is 0 Å². The van der Waals surface area contributed by atoms with E-state index in [0.717, 1.165) is 4.90 Å². The molecular formula is C13H21N3O4. The summed E-state index contributed by atoms with van der Waals surface area (Å²) >= 11 is 0. The monoisotopic (exact) mass is 283 g/mol. The smallest absolute Gasteiger partial charge is 0.323 e. The van der Waals surface area contributed by atoms with Crippen LogP contribution in [0.2, 0.25) is 0 Å². The second kappa shape index (κ2) is 8.04. The van der Waals surface area contributed by atoms with Crippen molar-refractivity contribution >= 4 is 17.9 Å². The molecule has 0 aromatic rings. The highest BCUT2D eigenvalue weighted by molar-refractivity contribution is 5.81.